The lowest BCUT2D eigenvalue weighted by Gasteiger charge is -2.09. The molecule has 0 saturated heterocycles. The molecule has 3 nitrogen and oxygen atoms in total. The van der Waals surface area contributed by atoms with E-state index in [4.69, 9.17) is 5.73 Å². The summed E-state index contributed by atoms with van der Waals surface area (Å²) in [6.07, 6.45) is 1.03. The summed E-state index contributed by atoms with van der Waals surface area (Å²) < 4.78 is 1.94. The van der Waals surface area contributed by atoms with Gasteiger partial charge in [-0.3, -0.25) is 4.68 Å². The molecule has 1 unspecified atom stereocenters. The molecule has 3 heteroatoms. The van der Waals surface area contributed by atoms with Crippen molar-refractivity contribution < 1.29 is 0 Å². The fourth-order valence-corrected chi connectivity index (χ4v) is 1.49. The molecule has 1 rings (SSSR count). The number of aromatic nitrogens is 2. The summed E-state index contributed by atoms with van der Waals surface area (Å²) in [4.78, 5) is 0. The third-order valence-electron chi connectivity index (χ3n) is 2.14. The Labute approximate surface area is 73.6 Å². The average molecular weight is 167 g/mol. The summed E-state index contributed by atoms with van der Waals surface area (Å²) in [5, 5.41) is 4.29. The van der Waals surface area contributed by atoms with Crippen LogP contribution in [0.1, 0.15) is 30.7 Å². The van der Waals surface area contributed by atoms with Crippen LogP contribution in [0.2, 0.25) is 0 Å². The quantitative estimate of drug-likeness (QED) is 0.734. The first-order chi connectivity index (χ1) is 5.65. The second-order valence-corrected chi connectivity index (χ2v) is 3.31. The molecule has 68 valence electrons. The van der Waals surface area contributed by atoms with E-state index in [-0.39, 0.29) is 0 Å². The maximum absolute atomic E-state index is 5.49. The van der Waals surface area contributed by atoms with Gasteiger partial charge < -0.3 is 5.73 Å². The van der Waals surface area contributed by atoms with Crippen LogP contribution >= 0.6 is 0 Å². The van der Waals surface area contributed by atoms with E-state index in [2.05, 4.69) is 18.1 Å². The van der Waals surface area contributed by atoms with Crippen molar-refractivity contribution in [3.05, 3.63) is 17.5 Å². The normalized spacial score (nSPS) is 13.3. The number of nitrogens with zero attached hydrogens (tertiary/aromatic N) is 2. The maximum atomic E-state index is 5.49. The Bertz CT molecular complexity index is 252. The summed E-state index contributed by atoms with van der Waals surface area (Å²) in [5.41, 5.74) is 7.85. The maximum Gasteiger partial charge on any atom is 0.0596 e. The van der Waals surface area contributed by atoms with Crippen molar-refractivity contribution >= 4 is 0 Å². The number of aryl methyl sites for hydroxylation is 2. The number of rotatable bonds is 3. The summed E-state index contributed by atoms with van der Waals surface area (Å²) in [7, 11) is 1.98. The summed E-state index contributed by atoms with van der Waals surface area (Å²) >= 11 is 0. The first-order valence-electron chi connectivity index (χ1n) is 4.35. The Kier molecular flexibility index (Phi) is 2.87. The standard InChI is InChI=1S/C9H17N3/c1-7(4-5-10)9-6-8(2)11-12(9)3/h6-7H,4-5,10H2,1-3H3. The van der Waals surface area contributed by atoms with Gasteiger partial charge in [0.25, 0.3) is 0 Å². The van der Waals surface area contributed by atoms with Gasteiger partial charge in [-0.25, -0.2) is 0 Å². The predicted molar refractivity (Wildman–Crippen MR) is 50.0 cm³/mol. The molecule has 0 amide bonds. The molecule has 2 N–H and O–H groups in total. The van der Waals surface area contributed by atoms with E-state index < -0.39 is 0 Å². The van der Waals surface area contributed by atoms with Gasteiger partial charge in [-0.2, -0.15) is 5.10 Å². The highest BCUT2D eigenvalue weighted by Crippen LogP contribution is 2.17. The SMILES string of the molecule is Cc1cc(C(C)CCN)n(C)n1. The topological polar surface area (TPSA) is 43.8 Å². The molecular formula is C9H17N3. The molecule has 0 aromatic carbocycles. The molecule has 0 aliphatic rings. The predicted octanol–water partition coefficient (Wildman–Crippen LogP) is 1.18. The van der Waals surface area contributed by atoms with Gasteiger partial charge in [-0.05, 0) is 31.9 Å². The first kappa shape index (κ1) is 9.26. The van der Waals surface area contributed by atoms with Crippen molar-refractivity contribution in [2.75, 3.05) is 6.54 Å². The molecule has 1 aromatic rings. The van der Waals surface area contributed by atoms with Gasteiger partial charge in [-0.15, -0.1) is 0 Å². The van der Waals surface area contributed by atoms with Crippen molar-refractivity contribution in [1.82, 2.24) is 9.78 Å². The lowest BCUT2D eigenvalue weighted by atomic mass is 10.0. The molecule has 0 aliphatic heterocycles. The zero-order chi connectivity index (χ0) is 9.14. The van der Waals surface area contributed by atoms with Gasteiger partial charge in [-0.1, -0.05) is 6.92 Å². The van der Waals surface area contributed by atoms with Gasteiger partial charge in [0.15, 0.2) is 0 Å². The Morgan fingerprint density at radius 1 is 1.67 bits per heavy atom. The lowest BCUT2D eigenvalue weighted by molar-refractivity contribution is 0.606. The first-order valence-corrected chi connectivity index (χ1v) is 4.35. The molecule has 0 spiro atoms. The Morgan fingerprint density at radius 2 is 2.33 bits per heavy atom. The van der Waals surface area contributed by atoms with E-state index in [0.29, 0.717) is 5.92 Å². The largest absolute Gasteiger partial charge is 0.330 e. The van der Waals surface area contributed by atoms with Crippen LogP contribution in [0.15, 0.2) is 6.07 Å². The van der Waals surface area contributed by atoms with E-state index in [1.165, 1.54) is 5.69 Å². The van der Waals surface area contributed by atoms with Gasteiger partial charge in [0, 0.05) is 12.7 Å². The molecule has 0 radical (unpaired) electrons. The number of hydrogen-bond acceptors (Lipinski definition) is 2. The highest BCUT2D eigenvalue weighted by Gasteiger charge is 2.09. The third-order valence-corrected chi connectivity index (χ3v) is 2.14. The highest BCUT2D eigenvalue weighted by atomic mass is 15.3. The van der Waals surface area contributed by atoms with Gasteiger partial charge in [0.2, 0.25) is 0 Å². The van der Waals surface area contributed by atoms with Crippen LogP contribution in [0.5, 0.6) is 0 Å². The van der Waals surface area contributed by atoms with E-state index in [9.17, 15) is 0 Å². The average Bonchev–Trinajstić information content (AvgIpc) is 2.30. The number of nitrogens with two attached hydrogens (primary N) is 1. The van der Waals surface area contributed by atoms with Gasteiger partial charge >= 0.3 is 0 Å². The summed E-state index contributed by atoms with van der Waals surface area (Å²) in [6, 6.07) is 2.13. The van der Waals surface area contributed by atoms with E-state index in [1.807, 2.05) is 18.7 Å². The van der Waals surface area contributed by atoms with Gasteiger partial charge in [0.05, 0.1) is 5.69 Å². The molecule has 0 aliphatic carbocycles. The van der Waals surface area contributed by atoms with Gasteiger partial charge in [0.1, 0.15) is 0 Å². The highest BCUT2D eigenvalue weighted by molar-refractivity contribution is 5.12. The Hall–Kier alpha value is -0.830. The van der Waals surface area contributed by atoms with Crippen LogP contribution in [0.4, 0.5) is 0 Å². The second kappa shape index (κ2) is 3.72. The van der Waals surface area contributed by atoms with Crippen LogP contribution < -0.4 is 5.73 Å². The lowest BCUT2D eigenvalue weighted by Crippen LogP contribution is -2.08. The van der Waals surface area contributed by atoms with Crippen molar-refractivity contribution in [3.8, 4) is 0 Å². The number of hydrogen-bond donors (Lipinski definition) is 1. The van der Waals surface area contributed by atoms with Crippen LogP contribution in [0.3, 0.4) is 0 Å². The molecule has 0 saturated carbocycles. The minimum absolute atomic E-state index is 0.515. The molecule has 1 atom stereocenters. The Balaban J connectivity index is 2.79. The molecule has 1 heterocycles. The van der Waals surface area contributed by atoms with Crippen LogP contribution in [-0.2, 0) is 7.05 Å². The molecule has 0 fully saturated rings. The Morgan fingerprint density at radius 3 is 2.75 bits per heavy atom. The van der Waals surface area contributed by atoms with Crippen molar-refractivity contribution in [2.45, 2.75) is 26.2 Å². The van der Waals surface area contributed by atoms with Crippen LogP contribution in [-0.4, -0.2) is 16.3 Å². The minimum atomic E-state index is 0.515. The zero-order valence-corrected chi connectivity index (χ0v) is 8.04. The fourth-order valence-electron chi connectivity index (χ4n) is 1.49. The van der Waals surface area contributed by atoms with Crippen molar-refractivity contribution in [3.63, 3.8) is 0 Å². The van der Waals surface area contributed by atoms with E-state index in [0.717, 1.165) is 18.7 Å². The van der Waals surface area contributed by atoms with Crippen molar-refractivity contribution in [2.24, 2.45) is 12.8 Å². The van der Waals surface area contributed by atoms with Crippen LogP contribution in [0.25, 0.3) is 0 Å². The summed E-state index contributed by atoms with van der Waals surface area (Å²) in [5.74, 6) is 0.515. The second-order valence-electron chi connectivity index (χ2n) is 3.31. The zero-order valence-electron chi connectivity index (χ0n) is 8.04. The monoisotopic (exact) mass is 167 g/mol. The van der Waals surface area contributed by atoms with Crippen molar-refractivity contribution in [1.29, 1.82) is 0 Å². The van der Waals surface area contributed by atoms with Crippen LogP contribution in [0, 0.1) is 6.92 Å². The molecule has 0 bridgehead atoms. The third kappa shape index (κ3) is 1.85. The molecular weight excluding hydrogens is 150 g/mol. The smallest absolute Gasteiger partial charge is 0.0596 e. The molecule has 12 heavy (non-hydrogen) atoms. The summed E-state index contributed by atoms with van der Waals surface area (Å²) in [6.45, 7) is 4.94. The van der Waals surface area contributed by atoms with E-state index in [1.54, 1.807) is 0 Å². The fraction of sp³-hybridized carbons (Fsp3) is 0.667. The van der Waals surface area contributed by atoms with E-state index >= 15 is 0 Å². The minimum Gasteiger partial charge on any atom is -0.330 e. The molecule has 1 aromatic heterocycles.